The number of anilines is 1. The van der Waals surface area contributed by atoms with Gasteiger partial charge in [-0.15, -0.1) is 24.0 Å². The Morgan fingerprint density at radius 3 is 2.77 bits per heavy atom. The quantitative estimate of drug-likeness (QED) is 0.323. The molecule has 0 aliphatic carbocycles. The molecule has 1 amide bonds. The number of amides is 1. The fourth-order valence-electron chi connectivity index (χ4n) is 3.96. The van der Waals surface area contributed by atoms with Gasteiger partial charge in [-0.05, 0) is 37.5 Å². The van der Waals surface area contributed by atoms with Crippen LogP contribution in [0.3, 0.4) is 0 Å². The van der Waals surface area contributed by atoms with Gasteiger partial charge in [-0.2, -0.15) is 0 Å². The lowest BCUT2D eigenvalue weighted by atomic mass is 10.2. The van der Waals surface area contributed by atoms with Gasteiger partial charge < -0.3 is 20.3 Å². The van der Waals surface area contributed by atoms with Crippen molar-refractivity contribution in [2.45, 2.75) is 45.7 Å². The lowest BCUT2D eigenvalue weighted by Gasteiger charge is -2.32. The number of benzene rings is 1. The molecule has 8 heteroatoms. The van der Waals surface area contributed by atoms with Gasteiger partial charge in [0.15, 0.2) is 5.96 Å². The van der Waals surface area contributed by atoms with E-state index in [0.717, 1.165) is 69.6 Å². The largest absolute Gasteiger partial charge is 0.379 e. The minimum Gasteiger partial charge on any atom is -0.379 e. The highest BCUT2D eigenvalue weighted by molar-refractivity contribution is 14.0. The molecule has 0 bridgehead atoms. The molecule has 3 rings (SSSR count). The normalized spacial score (nSPS) is 20.0. The van der Waals surface area contributed by atoms with Crippen molar-refractivity contribution >= 4 is 41.5 Å². The number of nitrogens with one attached hydrogen (secondary N) is 2. The molecule has 2 fully saturated rings. The van der Waals surface area contributed by atoms with Crippen molar-refractivity contribution in [2.75, 3.05) is 51.3 Å². The molecular formula is C22H36IN5O2. The van der Waals surface area contributed by atoms with E-state index in [2.05, 4.69) is 33.4 Å². The summed E-state index contributed by atoms with van der Waals surface area (Å²) >= 11 is 0. The minimum atomic E-state index is 0. The predicted molar refractivity (Wildman–Crippen MR) is 133 cm³/mol. The molecule has 2 N–H and O–H groups in total. The number of morpholine rings is 1. The molecule has 0 saturated carbocycles. The number of hydrogen-bond donors (Lipinski definition) is 2. The fraction of sp³-hybridized carbons (Fsp3) is 0.636. The first-order valence-electron chi connectivity index (χ1n) is 10.9. The summed E-state index contributed by atoms with van der Waals surface area (Å²) in [6, 6.07) is 8.56. The minimum absolute atomic E-state index is 0. The van der Waals surface area contributed by atoms with Crippen LogP contribution in [0.1, 0.15) is 38.7 Å². The van der Waals surface area contributed by atoms with Gasteiger partial charge >= 0.3 is 0 Å². The third-order valence-electron chi connectivity index (χ3n) is 5.46. The average molecular weight is 529 g/mol. The van der Waals surface area contributed by atoms with E-state index in [0.29, 0.717) is 19.0 Å². The molecule has 1 atom stereocenters. The van der Waals surface area contributed by atoms with Crippen molar-refractivity contribution in [3.63, 3.8) is 0 Å². The van der Waals surface area contributed by atoms with E-state index in [1.807, 2.05) is 25.1 Å². The summed E-state index contributed by atoms with van der Waals surface area (Å²) in [5.74, 6) is 1.04. The van der Waals surface area contributed by atoms with E-state index in [4.69, 9.17) is 9.73 Å². The number of carbonyl (C=O) groups excluding carboxylic acids is 1. The van der Waals surface area contributed by atoms with Crippen LogP contribution in [0.15, 0.2) is 29.3 Å². The zero-order valence-electron chi connectivity index (χ0n) is 18.2. The predicted octanol–water partition coefficient (Wildman–Crippen LogP) is 2.92. The third kappa shape index (κ3) is 7.39. The molecular weight excluding hydrogens is 493 g/mol. The first-order chi connectivity index (χ1) is 14.2. The van der Waals surface area contributed by atoms with Crippen molar-refractivity contribution in [1.82, 2.24) is 15.1 Å². The molecule has 1 aromatic rings. The molecule has 2 heterocycles. The summed E-state index contributed by atoms with van der Waals surface area (Å²) in [4.78, 5) is 21.6. The number of aliphatic imine (C=N–C) groups is 1. The van der Waals surface area contributed by atoms with Crippen molar-refractivity contribution in [2.24, 2.45) is 4.99 Å². The molecule has 1 unspecified atom stereocenters. The number of rotatable bonds is 7. The number of guanidine groups is 1. The lowest BCUT2D eigenvalue weighted by Crippen LogP contribution is -2.46. The van der Waals surface area contributed by atoms with Crippen molar-refractivity contribution in [3.8, 4) is 0 Å². The first kappa shape index (κ1) is 24.9. The number of likely N-dealkylation sites (tertiary alicyclic amines) is 1. The molecule has 168 valence electrons. The van der Waals surface area contributed by atoms with Crippen molar-refractivity contribution < 1.29 is 9.53 Å². The second-order valence-corrected chi connectivity index (χ2v) is 7.71. The van der Waals surface area contributed by atoms with Crippen LogP contribution in [0.2, 0.25) is 0 Å². The molecule has 0 aromatic heterocycles. The maximum Gasteiger partial charge on any atom is 0.224 e. The molecule has 7 nitrogen and oxygen atoms in total. The summed E-state index contributed by atoms with van der Waals surface area (Å²) in [5.41, 5.74) is 1.94. The Labute approximate surface area is 197 Å². The Balaban J connectivity index is 0.00000320. The average Bonchev–Trinajstić information content (AvgIpc) is 3.22. The van der Waals surface area contributed by atoms with E-state index < -0.39 is 0 Å². The van der Waals surface area contributed by atoms with Crippen LogP contribution in [-0.2, 0) is 16.1 Å². The van der Waals surface area contributed by atoms with Gasteiger partial charge in [-0.3, -0.25) is 9.69 Å². The summed E-state index contributed by atoms with van der Waals surface area (Å²) in [7, 11) is 0. The van der Waals surface area contributed by atoms with Gasteiger partial charge in [0.05, 0.1) is 19.8 Å². The van der Waals surface area contributed by atoms with E-state index >= 15 is 0 Å². The highest BCUT2D eigenvalue weighted by Crippen LogP contribution is 2.18. The van der Waals surface area contributed by atoms with Gasteiger partial charge in [0, 0.05) is 50.9 Å². The highest BCUT2D eigenvalue weighted by atomic mass is 127. The highest BCUT2D eigenvalue weighted by Gasteiger charge is 2.30. The summed E-state index contributed by atoms with van der Waals surface area (Å²) in [6.45, 7) is 11.4. The third-order valence-corrected chi connectivity index (χ3v) is 5.46. The van der Waals surface area contributed by atoms with Crippen LogP contribution in [0.4, 0.5) is 5.69 Å². The van der Waals surface area contributed by atoms with Crippen LogP contribution >= 0.6 is 24.0 Å². The molecule has 0 radical (unpaired) electrons. The van der Waals surface area contributed by atoms with Gasteiger partial charge in [-0.25, -0.2) is 4.99 Å². The summed E-state index contributed by atoms with van der Waals surface area (Å²) in [5, 5.41) is 6.41. The standard InChI is InChI=1S/C22H35N5O2.HI/c1-3-6-21(28)25-19-8-5-7-18(15-19)16-24-22(23-4-2)27-10-9-20(17-27)26-11-13-29-14-12-26;/h5,7-8,15,20H,3-4,6,9-14,16-17H2,1-2H3,(H,23,24)(H,25,28);1H. The molecule has 2 saturated heterocycles. The van der Waals surface area contributed by atoms with Gasteiger partial charge in [0.1, 0.15) is 0 Å². The zero-order valence-corrected chi connectivity index (χ0v) is 20.6. The Morgan fingerprint density at radius 1 is 1.23 bits per heavy atom. The molecule has 1 aromatic carbocycles. The Morgan fingerprint density at radius 2 is 2.03 bits per heavy atom. The monoisotopic (exact) mass is 529 g/mol. The Kier molecular flexibility index (Phi) is 10.9. The van der Waals surface area contributed by atoms with Gasteiger partial charge in [0.25, 0.3) is 0 Å². The molecule has 0 spiro atoms. The zero-order chi connectivity index (χ0) is 20.5. The van der Waals surface area contributed by atoms with Crippen LogP contribution in [0.5, 0.6) is 0 Å². The molecule has 2 aliphatic heterocycles. The number of hydrogen-bond acceptors (Lipinski definition) is 4. The Hall–Kier alpha value is -1.39. The topological polar surface area (TPSA) is 69.2 Å². The van der Waals surface area contributed by atoms with E-state index in [1.54, 1.807) is 0 Å². The summed E-state index contributed by atoms with van der Waals surface area (Å²) < 4.78 is 5.49. The second-order valence-electron chi connectivity index (χ2n) is 7.71. The van der Waals surface area contributed by atoms with E-state index in [1.165, 1.54) is 6.42 Å². The lowest BCUT2D eigenvalue weighted by molar-refractivity contribution is -0.116. The number of ether oxygens (including phenoxy) is 1. The first-order valence-corrected chi connectivity index (χ1v) is 10.9. The van der Waals surface area contributed by atoms with Crippen LogP contribution < -0.4 is 10.6 Å². The maximum absolute atomic E-state index is 11.8. The van der Waals surface area contributed by atoms with Gasteiger partial charge in [-0.1, -0.05) is 19.1 Å². The maximum atomic E-state index is 11.8. The Bertz CT molecular complexity index is 694. The summed E-state index contributed by atoms with van der Waals surface area (Å²) in [6.07, 6.45) is 2.57. The number of halogens is 1. The van der Waals surface area contributed by atoms with Crippen LogP contribution in [0, 0.1) is 0 Å². The SMILES string of the molecule is CCCC(=O)Nc1cccc(CN=C(NCC)N2CCC(N3CCOCC3)C2)c1.I. The van der Waals surface area contributed by atoms with Crippen molar-refractivity contribution in [1.29, 1.82) is 0 Å². The van der Waals surface area contributed by atoms with Gasteiger partial charge in [0.2, 0.25) is 5.91 Å². The number of carbonyl (C=O) groups is 1. The molecule has 2 aliphatic rings. The van der Waals surface area contributed by atoms with Crippen LogP contribution in [0.25, 0.3) is 0 Å². The fourth-order valence-corrected chi connectivity index (χ4v) is 3.96. The molecule has 30 heavy (non-hydrogen) atoms. The van der Waals surface area contributed by atoms with Crippen molar-refractivity contribution in [3.05, 3.63) is 29.8 Å². The second kappa shape index (κ2) is 13.1. The smallest absolute Gasteiger partial charge is 0.224 e. The van der Waals surface area contributed by atoms with E-state index in [-0.39, 0.29) is 29.9 Å². The number of nitrogens with zero attached hydrogens (tertiary/aromatic N) is 3. The van der Waals surface area contributed by atoms with Crippen LogP contribution in [-0.4, -0.2) is 73.6 Å². The van der Waals surface area contributed by atoms with E-state index in [9.17, 15) is 4.79 Å².